The molecule has 7 nitrogen and oxygen atoms in total. The minimum atomic E-state index is -3.74. The van der Waals surface area contributed by atoms with Gasteiger partial charge in [0.05, 0.1) is 18.0 Å². The molecule has 1 aliphatic rings. The van der Waals surface area contributed by atoms with Gasteiger partial charge in [0.15, 0.2) is 9.84 Å². The molecule has 1 N–H and O–H groups in total. The fourth-order valence-corrected chi connectivity index (χ4v) is 3.32. The average Bonchev–Trinajstić information content (AvgIpc) is 2.48. The maximum absolute atomic E-state index is 12.2. The number of amides is 2. The third kappa shape index (κ3) is 3.97. The van der Waals surface area contributed by atoms with E-state index < -0.39 is 21.5 Å². The summed E-state index contributed by atoms with van der Waals surface area (Å²) >= 11 is 0. The molecule has 1 fully saturated rings. The Hall–Kier alpha value is -2.09. The van der Waals surface area contributed by atoms with Crippen molar-refractivity contribution in [2.45, 2.75) is 11.8 Å². The second kappa shape index (κ2) is 6.78. The molecule has 1 aromatic rings. The van der Waals surface area contributed by atoms with E-state index in [0.717, 1.165) is 0 Å². The summed E-state index contributed by atoms with van der Waals surface area (Å²) in [5.74, 6) is -0.920. The van der Waals surface area contributed by atoms with Gasteiger partial charge in [-0.05, 0) is 31.2 Å². The summed E-state index contributed by atoms with van der Waals surface area (Å²) in [4.78, 5) is 24.6. The molecule has 0 aliphatic carbocycles. The van der Waals surface area contributed by atoms with Crippen molar-refractivity contribution in [3.05, 3.63) is 24.3 Å². The molecule has 1 aromatic carbocycles. The summed E-state index contributed by atoms with van der Waals surface area (Å²) < 4.78 is 29.7. The van der Waals surface area contributed by atoms with Gasteiger partial charge in [0.1, 0.15) is 11.5 Å². The van der Waals surface area contributed by atoms with Crippen molar-refractivity contribution >= 4 is 21.7 Å². The molecule has 1 saturated heterocycles. The van der Waals surface area contributed by atoms with E-state index in [1.807, 2.05) is 6.92 Å². The molecular formula is C14H18N2O5S. The van der Waals surface area contributed by atoms with E-state index in [1.165, 1.54) is 17.0 Å². The monoisotopic (exact) mass is 326 g/mol. The molecule has 1 aliphatic heterocycles. The van der Waals surface area contributed by atoms with Gasteiger partial charge in [-0.3, -0.25) is 9.59 Å². The first kappa shape index (κ1) is 16.3. The molecular weight excluding hydrogens is 308 g/mol. The van der Waals surface area contributed by atoms with Crippen LogP contribution in [-0.2, 0) is 19.4 Å². The number of nitrogens with one attached hydrogen (secondary N) is 1. The number of rotatable bonds is 5. The van der Waals surface area contributed by atoms with Crippen molar-refractivity contribution < 1.29 is 22.7 Å². The van der Waals surface area contributed by atoms with Crippen LogP contribution in [0.5, 0.6) is 5.75 Å². The van der Waals surface area contributed by atoms with Crippen LogP contribution in [0.4, 0.5) is 0 Å². The predicted octanol–water partition coefficient (Wildman–Crippen LogP) is -0.183. The Morgan fingerprint density at radius 3 is 2.59 bits per heavy atom. The maximum Gasteiger partial charge on any atom is 0.239 e. The summed E-state index contributed by atoms with van der Waals surface area (Å²) in [6.45, 7) is 2.88. The number of piperazine rings is 1. The molecule has 120 valence electrons. The molecule has 8 heteroatoms. The van der Waals surface area contributed by atoms with E-state index in [9.17, 15) is 18.0 Å². The Balaban J connectivity index is 2.06. The highest BCUT2D eigenvalue weighted by atomic mass is 32.2. The lowest BCUT2D eigenvalue weighted by molar-refractivity contribution is -0.136. The summed E-state index contributed by atoms with van der Waals surface area (Å²) in [5.41, 5.74) is 0. The first-order valence-corrected chi connectivity index (χ1v) is 8.57. The number of carbonyl (C=O) groups excluding carboxylic acids is 2. The van der Waals surface area contributed by atoms with Gasteiger partial charge in [-0.15, -0.1) is 0 Å². The Bertz CT molecular complexity index is 654. The highest BCUT2D eigenvalue weighted by molar-refractivity contribution is 7.92. The Morgan fingerprint density at radius 2 is 2.00 bits per heavy atom. The minimum absolute atomic E-state index is 0.0609. The van der Waals surface area contributed by atoms with Crippen molar-refractivity contribution in [2.24, 2.45) is 0 Å². The smallest absolute Gasteiger partial charge is 0.239 e. The number of sulfone groups is 1. The first-order valence-electron chi connectivity index (χ1n) is 6.92. The SMILES string of the molecule is CCOc1ccc(S(=O)(=O)CC(=O)N2CCNC(=O)C2)cc1. The number of hydrogen-bond acceptors (Lipinski definition) is 5. The number of hydrogen-bond donors (Lipinski definition) is 1. The third-order valence-corrected chi connectivity index (χ3v) is 4.82. The average molecular weight is 326 g/mol. The Labute approximate surface area is 129 Å². The van der Waals surface area contributed by atoms with Crippen molar-refractivity contribution in [1.82, 2.24) is 10.2 Å². The fourth-order valence-electron chi connectivity index (χ4n) is 2.10. The van der Waals surface area contributed by atoms with Crippen LogP contribution in [0.3, 0.4) is 0 Å². The van der Waals surface area contributed by atoms with Crippen LogP contribution in [0.25, 0.3) is 0 Å². The zero-order chi connectivity index (χ0) is 16.2. The van der Waals surface area contributed by atoms with E-state index in [2.05, 4.69) is 5.32 Å². The van der Waals surface area contributed by atoms with Crippen LogP contribution >= 0.6 is 0 Å². The van der Waals surface area contributed by atoms with Gasteiger partial charge in [0, 0.05) is 13.1 Å². The third-order valence-electron chi connectivity index (χ3n) is 3.20. The van der Waals surface area contributed by atoms with Gasteiger partial charge < -0.3 is 15.0 Å². The fraction of sp³-hybridized carbons (Fsp3) is 0.429. The highest BCUT2D eigenvalue weighted by Gasteiger charge is 2.26. The number of nitrogens with zero attached hydrogens (tertiary/aromatic N) is 1. The molecule has 0 radical (unpaired) electrons. The van der Waals surface area contributed by atoms with Crippen LogP contribution in [0, 0.1) is 0 Å². The number of carbonyl (C=O) groups is 2. The van der Waals surface area contributed by atoms with Gasteiger partial charge in [-0.1, -0.05) is 0 Å². The lowest BCUT2D eigenvalue weighted by Crippen LogP contribution is -2.51. The molecule has 0 aromatic heterocycles. The number of ether oxygens (including phenoxy) is 1. The van der Waals surface area contributed by atoms with Gasteiger partial charge in [0.25, 0.3) is 0 Å². The normalized spacial score (nSPS) is 15.3. The van der Waals surface area contributed by atoms with E-state index >= 15 is 0 Å². The van der Waals surface area contributed by atoms with Crippen molar-refractivity contribution in [2.75, 3.05) is 32.0 Å². The molecule has 2 rings (SSSR count). The zero-order valence-electron chi connectivity index (χ0n) is 12.2. The van der Waals surface area contributed by atoms with Crippen molar-refractivity contribution in [3.63, 3.8) is 0 Å². The van der Waals surface area contributed by atoms with Crippen LogP contribution in [-0.4, -0.2) is 57.1 Å². The van der Waals surface area contributed by atoms with E-state index in [4.69, 9.17) is 4.74 Å². The van der Waals surface area contributed by atoms with Gasteiger partial charge in [-0.25, -0.2) is 8.42 Å². The predicted molar refractivity (Wildman–Crippen MR) is 79.3 cm³/mol. The van der Waals surface area contributed by atoms with E-state index in [0.29, 0.717) is 25.4 Å². The molecule has 0 saturated carbocycles. The highest BCUT2D eigenvalue weighted by Crippen LogP contribution is 2.17. The topological polar surface area (TPSA) is 92.8 Å². The van der Waals surface area contributed by atoms with Crippen LogP contribution in [0.15, 0.2) is 29.2 Å². The summed E-state index contributed by atoms with van der Waals surface area (Å²) in [6, 6.07) is 5.93. The van der Waals surface area contributed by atoms with E-state index in [1.54, 1.807) is 12.1 Å². The summed E-state index contributed by atoms with van der Waals surface area (Å²) in [5, 5.41) is 2.58. The molecule has 0 atom stereocenters. The Morgan fingerprint density at radius 1 is 1.32 bits per heavy atom. The molecule has 0 bridgehead atoms. The molecule has 1 heterocycles. The van der Waals surface area contributed by atoms with Gasteiger partial charge in [0.2, 0.25) is 11.8 Å². The number of benzene rings is 1. The molecule has 2 amide bonds. The standard InChI is InChI=1S/C14H18N2O5S/c1-2-21-11-3-5-12(6-4-11)22(19,20)10-14(18)16-8-7-15-13(17)9-16/h3-6H,2,7-10H2,1H3,(H,15,17). The lowest BCUT2D eigenvalue weighted by atomic mass is 10.3. The zero-order valence-corrected chi connectivity index (χ0v) is 13.1. The second-order valence-corrected chi connectivity index (χ2v) is 6.82. The van der Waals surface area contributed by atoms with Crippen LogP contribution in [0.2, 0.25) is 0 Å². The molecule has 22 heavy (non-hydrogen) atoms. The largest absolute Gasteiger partial charge is 0.494 e. The first-order chi connectivity index (χ1) is 10.4. The molecule has 0 spiro atoms. The van der Waals surface area contributed by atoms with Crippen molar-refractivity contribution in [3.8, 4) is 5.75 Å². The van der Waals surface area contributed by atoms with Crippen LogP contribution in [0.1, 0.15) is 6.92 Å². The summed E-state index contributed by atoms with van der Waals surface area (Å²) in [6.07, 6.45) is 0. The second-order valence-electron chi connectivity index (χ2n) is 4.83. The molecule has 0 unspecified atom stereocenters. The van der Waals surface area contributed by atoms with E-state index in [-0.39, 0.29) is 17.3 Å². The lowest BCUT2D eigenvalue weighted by Gasteiger charge is -2.26. The van der Waals surface area contributed by atoms with Gasteiger partial charge in [-0.2, -0.15) is 0 Å². The van der Waals surface area contributed by atoms with Crippen LogP contribution < -0.4 is 10.1 Å². The van der Waals surface area contributed by atoms with Crippen molar-refractivity contribution in [1.29, 1.82) is 0 Å². The minimum Gasteiger partial charge on any atom is -0.494 e. The maximum atomic E-state index is 12.2. The van der Waals surface area contributed by atoms with Gasteiger partial charge >= 0.3 is 0 Å². The Kier molecular flexibility index (Phi) is 5.02. The summed E-state index contributed by atoms with van der Waals surface area (Å²) in [7, 11) is -3.74. The quantitative estimate of drug-likeness (QED) is 0.810.